The number of alkyl halides is 3. The molecule has 0 aliphatic heterocycles. The average molecular weight is 239 g/mol. The van der Waals surface area contributed by atoms with Gasteiger partial charge in [0.1, 0.15) is 17.5 Å². The smallest absolute Gasteiger partial charge is 0.384 e. The Labute approximate surface area is 94.6 Å². The molecule has 3 N–H and O–H groups in total. The third kappa shape index (κ3) is 1.69. The van der Waals surface area contributed by atoms with E-state index >= 15 is 0 Å². The highest BCUT2D eigenvalue weighted by molar-refractivity contribution is 5.93. The van der Waals surface area contributed by atoms with Crippen LogP contribution in [-0.2, 0) is 6.18 Å². The second-order valence-corrected chi connectivity index (χ2v) is 3.74. The molecule has 3 nitrogen and oxygen atoms in total. The Hall–Kier alpha value is -2.16. The molecule has 0 radical (unpaired) electrons. The first-order valence-corrected chi connectivity index (χ1v) is 4.73. The number of aromatic amines is 1. The molecule has 0 atom stereocenters. The fourth-order valence-electron chi connectivity index (χ4n) is 1.78. The number of anilines is 1. The molecule has 0 bridgehead atoms. The van der Waals surface area contributed by atoms with Crippen molar-refractivity contribution in [1.29, 1.82) is 5.26 Å². The number of aryl methyl sites for hydroxylation is 1. The molecule has 1 aromatic heterocycles. The van der Waals surface area contributed by atoms with Gasteiger partial charge in [0.25, 0.3) is 0 Å². The Morgan fingerprint density at radius 3 is 2.53 bits per heavy atom. The maximum absolute atomic E-state index is 12.6. The maximum atomic E-state index is 12.6. The summed E-state index contributed by atoms with van der Waals surface area (Å²) in [5.41, 5.74) is 5.67. The van der Waals surface area contributed by atoms with Crippen molar-refractivity contribution in [3.63, 3.8) is 0 Å². The molecule has 2 aromatic rings. The highest BCUT2D eigenvalue weighted by Gasteiger charge is 2.31. The fourth-order valence-corrected chi connectivity index (χ4v) is 1.78. The second kappa shape index (κ2) is 3.42. The van der Waals surface area contributed by atoms with Crippen molar-refractivity contribution < 1.29 is 13.2 Å². The number of H-pyrrole nitrogens is 1. The predicted molar refractivity (Wildman–Crippen MR) is 57.2 cm³/mol. The molecule has 0 spiro atoms. The molecule has 0 aliphatic carbocycles. The molecule has 0 amide bonds. The third-order valence-corrected chi connectivity index (χ3v) is 2.57. The lowest BCUT2D eigenvalue weighted by atomic mass is 10.0. The lowest BCUT2D eigenvalue weighted by Crippen LogP contribution is -2.05. The molecule has 0 fully saturated rings. The number of halogens is 3. The third-order valence-electron chi connectivity index (χ3n) is 2.57. The molecular weight excluding hydrogens is 231 g/mol. The van der Waals surface area contributed by atoms with Gasteiger partial charge in [-0.15, -0.1) is 0 Å². The zero-order valence-electron chi connectivity index (χ0n) is 8.81. The van der Waals surface area contributed by atoms with Crippen LogP contribution in [0.4, 0.5) is 19.0 Å². The van der Waals surface area contributed by atoms with Crippen LogP contribution >= 0.6 is 0 Å². The minimum atomic E-state index is -4.43. The van der Waals surface area contributed by atoms with Gasteiger partial charge in [0, 0.05) is 5.39 Å². The fraction of sp³-hybridized carbons (Fsp3) is 0.182. The summed E-state index contributed by atoms with van der Waals surface area (Å²) in [6.07, 6.45) is -4.43. The molecule has 6 heteroatoms. The Kier molecular flexibility index (Phi) is 2.28. The van der Waals surface area contributed by atoms with Gasteiger partial charge in [0.05, 0.1) is 11.1 Å². The lowest BCUT2D eigenvalue weighted by molar-refractivity contribution is -0.137. The number of hydrogen-bond donors (Lipinski definition) is 2. The SMILES string of the molecule is Cc1cc(C(F)(F)F)cc2c(C#N)c(N)[nH]c12. The van der Waals surface area contributed by atoms with Gasteiger partial charge in [0.15, 0.2) is 0 Å². The molecule has 2 rings (SSSR count). The predicted octanol–water partition coefficient (Wildman–Crippen LogP) is 2.95. The zero-order chi connectivity index (χ0) is 12.8. The standard InChI is InChI=1S/C11H8F3N3/c1-5-2-6(11(12,13)14)3-7-8(4-15)10(16)17-9(5)7/h2-3,17H,16H2,1H3. The molecule has 1 aromatic carbocycles. The number of hydrogen-bond acceptors (Lipinski definition) is 2. The van der Waals surface area contributed by atoms with Gasteiger partial charge in [-0.25, -0.2) is 0 Å². The summed E-state index contributed by atoms with van der Waals surface area (Å²) in [5.74, 6) is 0.0879. The van der Waals surface area contributed by atoms with Crippen LogP contribution in [0.15, 0.2) is 12.1 Å². The van der Waals surface area contributed by atoms with E-state index in [1.165, 1.54) is 6.92 Å². The molecule has 1 heterocycles. The number of nitrogen functional groups attached to an aromatic ring is 1. The second-order valence-electron chi connectivity index (χ2n) is 3.74. The van der Waals surface area contributed by atoms with E-state index in [9.17, 15) is 13.2 Å². The van der Waals surface area contributed by atoms with E-state index in [1.807, 2.05) is 0 Å². The summed E-state index contributed by atoms with van der Waals surface area (Å²) in [7, 11) is 0. The van der Waals surface area contributed by atoms with Gasteiger partial charge >= 0.3 is 6.18 Å². The molecule has 17 heavy (non-hydrogen) atoms. The van der Waals surface area contributed by atoms with Gasteiger partial charge in [-0.05, 0) is 24.6 Å². The van der Waals surface area contributed by atoms with Crippen molar-refractivity contribution in [3.8, 4) is 6.07 Å². The number of nitriles is 1. The van der Waals surface area contributed by atoms with Gasteiger partial charge < -0.3 is 10.7 Å². The molecule has 88 valence electrons. The van der Waals surface area contributed by atoms with E-state index in [4.69, 9.17) is 11.0 Å². The van der Waals surface area contributed by atoms with Crippen LogP contribution in [0.5, 0.6) is 0 Å². The van der Waals surface area contributed by atoms with Crippen LogP contribution in [0.3, 0.4) is 0 Å². The van der Waals surface area contributed by atoms with Crippen LogP contribution in [0.1, 0.15) is 16.7 Å². The molecule has 0 saturated carbocycles. The van der Waals surface area contributed by atoms with Crippen LogP contribution in [-0.4, -0.2) is 4.98 Å². The number of rotatable bonds is 0. The van der Waals surface area contributed by atoms with Crippen molar-refractivity contribution in [1.82, 2.24) is 4.98 Å². The first-order chi connectivity index (χ1) is 7.84. The molecular formula is C11H8F3N3. The summed E-state index contributed by atoms with van der Waals surface area (Å²) >= 11 is 0. The summed E-state index contributed by atoms with van der Waals surface area (Å²) in [5, 5.41) is 9.06. The largest absolute Gasteiger partial charge is 0.416 e. The summed E-state index contributed by atoms with van der Waals surface area (Å²) in [6, 6.07) is 3.77. The molecule has 0 aliphatic rings. The van der Waals surface area contributed by atoms with E-state index in [2.05, 4.69) is 4.98 Å². The Morgan fingerprint density at radius 2 is 2.00 bits per heavy atom. The van der Waals surface area contributed by atoms with Crippen LogP contribution in [0.25, 0.3) is 10.9 Å². The number of fused-ring (bicyclic) bond motifs is 1. The van der Waals surface area contributed by atoms with Gasteiger partial charge in [-0.2, -0.15) is 18.4 Å². The number of nitrogens with two attached hydrogens (primary N) is 1. The monoisotopic (exact) mass is 239 g/mol. The summed E-state index contributed by atoms with van der Waals surface area (Å²) in [4.78, 5) is 2.71. The van der Waals surface area contributed by atoms with Gasteiger partial charge in [-0.1, -0.05) is 0 Å². The molecule has 0 saturated heterocycles. The number of nitrogens with one attached hydrogen (secondary N) is 1. The quantitative estimate of drug-likeness (QED) is 0.742. The average Bonchev–Trinajstić information content (AvgIpc) is 2.53. The Balaban J connectivity index is 2.85. The molecule has 0 unspecified atom stereocenters. The van der Waals surface area contributed by atoms with E-state index < -0.39 is 11.7 Å². The van der Waals surface area contributed by atoms with Gasteiger partial charge in [-0.3, -0.25) is 0 Å². The van der Waals surface area contributed by atoms with E-state index in [0.717, 1.165) is 12.1 Å². The maximum Gasteiger partial charge on any atom is 0.416 e. The van der Waals surface area contributed by atoms with Crippen molar-refractivity contribution in [3.05, 3.63) is 28.8 Å². The number of benzene rings is 1. The number of nitrogens with zero attached hydrogens (tertiary/aromatic N) is 1. The minimum absolute atomic E-state index is 0.0502. The van der Waals surface area contributed by atoms with Crippen LogP contribution in [0.2, 0.25) is 0 Å². The van der Waals surface area contributed by atoms with Crippen molar-refractivity contribution >= 4 is 16.7 Å². The lowest BCUT2D eigenvalue weighted by Gasteiger charge is -2.08. The summed E-state index contributed by atoms with van der Waals surface area (Å²) in [6.45, 7) is 1.54. The Bertz CT molecular complexity index is 632. The normalized spacial score (nSPS) is 11.7. The zero-order valence-corrected chi connectivity index (χ0v) is 8.81. The first kappa shape index (κ1) is 11.3. The Morgan fingerprint density at radius 1 is 1.35 bits per heavy atom. The van der Waals surface area contributed by atoms with Crippen molar-refractivity contribution in [2.24, 2.45) is 0 Å². The van der Waals surface area contributed by atoms with Crippen LogP contribution < -0.4 is 5.73 Å². The van der Waals surface area contributed by atoms with Crippen molar-refractivity contribution in [2.75, 3.05) is 5.73 Å². The first-order valence-electron chi connectivity index (χ1n) is 4.73. The van der Waals surface area contributed by atoms with Gasteiger partial charge in [0.2, 0.25) is 0 Å². The van der Waals surface area contributed by atoms with E-state index in [1.54, 1.807) is 6.07 Å². The van der Waals surface area contributed by atoms with E-state index in [0.29, 0.717) is 11.1 Å². The van der Waals surface area contributed by atoms with E-state index in [-0.39, 0.29) is 16.8 Å². The van der Waals surface area contributed by atoms with Crippen molar-refractivity contribution in [2.45, 2.75) is 13.1 Å². The summed E-state index contributed by atoms with van der Waals surface area (Å²) < 4.78 is 37.8. The van der Waals surface area contributed by atoms with Crippen LogP contribution in [0, 0.1) is 18.3 Å². The topological polar surface area (TPSA) is 65.6 Å². The number of aromatic nitrogens is 1. The highest BCUT2D eigenvalue weighted by atomic mass is 19.4. The highest BCUT2D eigenvalue weighted by Crippen LogP contribution is 2.35. The minimum Gasteiger partial charge on any atom is -0.384 e.